The molecule has 0 aliphatic rings. The number of anilines is 1. The second-order valence-corrected chi connectivity index (χ2v) is 7.37. The maximum Gasteiger partial charge on any atom is 0.241 e. The molecule has 1 unspecified atom stereocenters. The van der Waals surface area contributed by atoms with E-state index in [-0.39, 0.29) is 10.8 Å². The third kappa shape index (κ3) is 4.74. The lowest BCUT2D eigenvalue weighted by atomic mass is 10.1. The van der Waals surface area contributed by atoms with Crippen LogP contribution in [0.2, 0.25) is 0 Å². The fourth-order valence-corrected chi connectivity index (χ4v) is 3.66. The van der Waals surface area contributed by atoms with E-state index in [9.17, 15) is 13.2 Å². The van der Waals surface area contributed by atoms with Crippen molar-refractivity contribution in [3.63, 3.8) is 0 Å². The van der Waals surface area contributed by atoms with Crippen molar-refractivity contribution in [3.8, 4) is 11.5 Å². The van der Waals surface area contributed by atoms with Crippen LogP contribution in [0.15, 0.2) is 47.4 Å². The van der Waals surface area contributed by atoms with Gasteiger partial charge in [-0.1, -0.05) is 12.1 Å². The molecule has 2 N–H and O–H groups in total. The van der Waals surface area contributed by atoms with Gasteiger partial charge in [-0.3, -0.25) is 4.79 Å². The third-order valence-electron chi connectivity index (χ3n) is 3.74. The minimum absolute atomic E-state index is 0.0300. The van der Waals surface area contributed by atoms with Gasteiger partial charge in [0.25, 0.3) is 0 Å². The van der Waals surface area contributed by atoms with Gasteiger partial charge in [-0.15, -0.1) is 0 Å². The Hall–Kier alpha value is -2.58. The first kappa shape index (κ1) is 19.7. The number of sulfonamides is 1. The van der Waals surface area contributed by atoms with Crippen molar-refractivity contribution in [2.24, 2.45) is 0 Å². The molecule has 1 atom stereocenters. The van der Waals surface area contributed by atoms with Crippen LogP contribution in [0.5, 0.6) is 11.5 Å². The van der Waals surface area contributed by atoms with E-state index in [0.29, 0.717) is 17.2 Å². The van der Waals surface area contributed by atoms with Gasteiger partial charge in [0, 0.05) is 13.0 Å². The Morgan fingerprint density at radius 3 is 2.23 bits per heavy atom. The molecule has 140 valence electrons. The Bertz CT molecular complexity index is 879. The van der Waals surface area contributed by atoms with Gasteiger partial charge in [-0.05, 0) is 42.8 Å². The zero-order valence-corrected chi connectivity index (χ0v) is 15.9. The normalized spacial score (nSPS) is 12.3. The van der Waals surface area contributed by atoms with Crippen LogP contribution in [0.1, 0.15) is 25.5 Å². The lowest BCUT2D eigenvalue weighted by molar-refractivity contribution is -0.114. The van der Waals surface area contributed by atoms with Crippen LogP contribution >= 0.6 is 0 Å². The Labute approximate surface area is 153 Å². The SMILES string of the molecule is COc1ccc(C(C)NS(=O)(=O)c2ccc(OC)c(NC(C)=O)c2)cc1. The highest BCUT2D eigenvalue weighted by molar-refractivity contribution is 7.89. The summed E-state index contributed by atoms with van der Waals surface area (Å²) in [7, 11) is -0.784. The summed E-state index contributed by atoms with van der Waals surface area (Å²) >= 11 is 0. The van der Waals surface area contributed by atoms with Crippen molar-refractivity contribution in [2.45, 2.75) is 24.8 Å². The molecule has 2 aromatic rings. The summed E-state index contributed by atoms with van der Waals surface area (Å²) in [5, 5.41) is 2.56. The molecule has 2 rings (SSSR count). The lowest BCUT2D eigenvalue weighted by Gasteiger charge is -2.16. The number of hydrogen-bond acceptors (Lipinski definition) is 5. The Kier molecular flexibility index (Phi) is 6.23. The van der Waals surface area contributed by atoms with Crippen LogP contribution in [0.4, 0.5) is 5.69 Å². The van der Waals surface area contributed by atoms with Gasteiger partial charge in [0.1, 0.15) is 11.5 Å². The second kappa shape index (κ2) is 8.20. The third-order valence-corrected chi connectivity index (χ3v) is 5.28. The van der Waals surface area contributed by atoms with Crippen LogP contribution in [-0.4, -0.2) is 28.5 Å². The summed E-state index contributed by atoms with van der Waals surface area (Å²) in [5.41, 5.74) is 1.09. The smallest absolute Gasteiger partial charge is 0.241 e. The van der Waals surface area contributed by atoms with Gasteiger partial charge in [0.05, 0.1) is 24.8 Å². The monoisotopic (exact) mass is 378 g/mol. The Morgan fingerprint density at radius 1 is 1.04 bits per heavy atom. The molecule has 0 saturated heterocycles. The average molecular weight is 378 g/mol. The van der Waals surface area contributed by atoms with Crippen molar-refractivity contribution >= 4 is 21.6 Å². The highest BCUT2D eigenvalue weighted by atomic mass is 32.2. The molecule has 1 amide bonds. The molecule has 0 fully saturated rings. The van der Waals surface area contributed by atoms with Gasteiger partial charge in [0.2, 0.25) is 15.9 Å². The van der Waals surface area contributed by atoms with E-state index in [2.05, 4.69) is 10.0 Å². The average Bonchev–Trinajstić information content (AvgIpc) is 2.60. The summed E-state index contributed by atoms with van der Waals surface area (Å²) in [6.07, 6.45) is 0. The maximum absolute atomic E-state index is 12.7. The number of rotatable bonds is 7. The standard InChI is InChI=1S/C18H22N2O5S/c1-12(14-5-7-15(24-3)8-6-14)20-26(22,23)16-9-10-18(25-4)17(11-16)19-13(2)21/h5-12,20H,1-4H3,(H,19,21). The van der Waals surface area contributed by atoms with Gasteiger partial charge in [-0.2, -0.15) is 0 Å². The number of nitrogens with one attached hydrogen (secondary N) is 2. The summed E-state index contributed by atoms with van der Waals surface area (Å²) < 4.78 is 38.2. The predicted molar refractivity (Wildman–Crippen MR) is 99.0 cm³/mol. The number of hydrogen-bond donors (Lipinski definition) is 2. The zero-order valence-electron chi connectivity index (χ0n) is 15.1. The van der Waals surface area contributed by atoms with Crippen LogP contribution in [0.3, 0.4) is 0 Å². The molecule has 26 heavy (non-hydrogen) atoms. The molecule has 0 aliphatic carbocycles. The van der Waals surface area contributed by atoms with Gasteiger partial charge in [-0.25, -0.2) is 13.1 Å². The molecule has 2 aromatic carbocycles. The van der Waals surface area contributed by atoms with E-state index in [1.54, 1.807) is 38.3 Å². The number of carbonyl (C=O) groups excluding carboxylic acids is 1. The molecule has 7 nitrogen and oxygen atoms in total. The van der Waals surface area contributed by atoms with Crippen molar-refractivity contribution < 1.29 is 22.7 Å². The van der Waals surface area contributed by atoms with E-state index >= 15 is 0 Å². The fourth-order valence-electron chi connectivity index (χ4n) is 2.40. The van der Waals surface area contributed by atoms with E-state index < -0.39 is 16.1 Å². The molecule has 0 aliphatic heterocycles. The second-order valence-electron chi connectivity index (χ2n) is 5.66. The zero-order chi connectivity index (χ0) is 19.3. The highest BCUT2D eigenvalue weighted by Crippen LogP contribution is 2.28. The summed E-state index contributed by atoms with van der Waals surface area (Å²) in [6.45, 7) is 3.09. The molecule has 0 aromatic heterocycles. The molecular weight excluding hydrogens is 356 g/mol. The molecular formula is C18H22N2O5S. The molecule has 0 spiro atoms. The minimum Gasteiger partial charge on any atom is -0.497 e. The Morgan fingerprint density at radius 2 is 1.69 bits per heavy atom. The fraction of sp³-hybridized carbons (Fsp3) is 0.278. The number of methoxy groups -OCH3 is 2. The van der Waals surface area contributed by atoms with Crippen LogP contribution < -0.4 is 19.5 Å². The van der Waals surface area contributed by atoms with Crippen LogP contribution in [0.25, 0.3) is 0 Å². The summed E-state index contributed by atoms with van der Waals surface area (Å²) in [6, 6.07) is 11.0. The number of carbonyl (C=O) groups is 1. The van der Waals surface area contributed by atoms with Gasteiger partial charge >= 0.3 is 0 Å². The number of benzene rings is 2. The van der Waals surface area contributed by atoms with Gasteiger partial charge < -0.3 is 14.8 Å². The number of amides is 1. The summed E-state index contributed by atoms with van der Waals surface area (Å²) in [5.74, 6) is 0.749. The molecule has 0 bridgehead atoms. The van der Waals surface area contributed by atoms with Gasteiger partial charge in [0.15, 0.2) is 0 Å². The molecule has 0 saturated carbocycles. The first-order valence-electron chi connectivity index (χ1n) is 7.88. The van der Waals surface area contributed by atoms with E-state index in [0.717, 1.165) is 5.56 Å². The number of ether oxygens (including phenoxy) is 2. The van der Waals surface area contributed by atoms with Crippen LogP contribution in [-0.2, 0) is 14.8 Å². The summed E-state index contributed by atoms with van der Waals surface area (Å²) in [4.78, 5) is 11.3. The largest absolute Gasteiger partial charge is 0.497 e. The molecule has 8 heteroatoms. The first-order valence-corrected chi connectivity index (χ1v) is 9.37. The molecule has 0 radical (unpaired) electrons. The lowest BCUT2D eigenvalue weighted by Crippen LogP contribution is -2.27. The van der Waals surface area contributed by atoms with Crippen LogP contribution in [0, 0.1) is 0 Å². The predicted octanol–water partition coefficient (Wildman–Crippen LogP) is 2.70. The maximum atomic E-state index is 12.7. The topological polar surface area (TPSA) is 93.7 Å². The quantitative estimate of drug-likeness (QED) is 0.773. The first-order chi connectivity index (χ1) is 12.3. The van der Waals surface area contributed by atoms with E-state index in [4.69, 9.17) is 9.47 Å². The van der Waals surface area contributed by atoms with Crippen molar-refractivity contribution in [1.82, 2.24) is 4.72 Å². The Balaban J connectivity index is 2.26. The van der Waals surface area contributed by atoms with E-state index in [1.165, 1.54) is 32.2 Å². The van der Waals surface area contributed by atoms with Crippen molar-refractivity contribution in [1.29, 1.82) is 0 Å². The van der Waals surface area contributed by atoms with Crippen molar-refractivity contribution in [3.05, 3.63) is 48.0 Å². The van der Waals surface area contributed by atoms with Crippen molar-refractivity contribution in [2.75, 3.05) is 19.5 Å². The minimum atomic E-state index is -3.79. The van der Waals surface area contributed by atoms with E-state index in [1.807, 2.05) is 0 Å². The highest BCUT2D eigenvalue weighted by Gasteiger charge is 2.20. The molecule has 0 heterocycles.